The van der Waals surface area contributed by atoms with Crippen LogP contribution in [0.4, 0.5) is 0 Å². The highest BCUT2D eigenvalue weighted by Gasteiger charge is 1.88. The Morgan fingerprint density at radius 1 is 1.60 bits per heavy atom. The second kappa shape index (κ2) is 4.66. The van der Waals surface area contributed by atoms with E-state index in [2.05, 4.69) is 20.9 Å². The van der Waals surface area contributed by atoms with Crippen molar-refractivity contribution in [2.24, 2.45) is 5.73 Å². The quantitative estimate of drug-likeness (QED) is 0.787. The zero-order valence-electron chi connectivity index (χ0n) is 5.25. The predicted molar refractivity (Wildman–Crippen MR) is 47.1 cm³/mol. The molecule has 0 aliphatic heterocycles. The lowest BCUT2D eigenvalue weighted by atomic mass is 10.4. The third kappa shape index (κ3) is 2.64. The zero-order valence-corrected chi connectivity index (χ0v) is 7.65. The Bertz CT molecular complexity index is 205. The van der Waals surface area contributed by atoms with Gasteiger partial charge < -0.3 is 5.73 Å². The zero-order chi connectivity index (χ0) is 6.69. The normalized spacial score (nSPS) is 8.60. The highest BCUT2D eigenvalue weighted by atomic mass is 79.9. The molecule has 2 nitrogen and oxygen atoms in total. The minimum Gasteiger partial charge on any atom is -0.325 e. The molecule has 0 aliphatic carbocycles. The van der Waals surface area contributed by atoms with Crippen LogP contribution in [0.1, 0.15) is 5.69 Å². The van der Waals surface area contributed by atoms with Crippen LogP contribution in [0.5, 0.6) is 0 Å². The van der Waals surface area contributed by atoms with Crippen molar-refractivity contribution >= 4 is 28.3 Å². The summed E-state index contributed by atoms with van der Waals surface area (Å²) in [7, 11) is 0. The van der Waals surface area contributed by atoms with Gasteiger partial charge in [-0.15, -0.1) is 12.4 Å². The van der Waals surface area contributed by atoms with Gasteiger partial charge in [0.1, 0.15) is 0 Å². The molecule has 0 radical (unpaired) electrons. The van der Waals surface area contributed by atoms with E-state index in [9.17, 15) is 0 Å². The van der Waals surface area contributed by atoms with Gasteiger partial charge >= 0.3 is 0 Å². The second-order valence-corrected chi connectivity index (χ2v) is 2.59. The van der Waals surface area contributed by atoms with E-state index in [0.717, 1.165) is 10.2 Å². The number of halogens is 2. The average Bonchev–Trinajstić information content (AvgIpc) is 1.88. The van der Waals surface area contributed by atoms with Crippen molar-refractivity contribution in [1.29, 1.82) is 0 Å². The van der Waals surface area contributed by atoms with Crippen molar-refractivity contribution in [3.05, 3.63) is 28.5 Å². The maximum atomic E-state index is 5.34. The van der Waals surface area contributed by atoms with E-state index in [4.69, 9.17) is 5.73 Å². The first-order valence-corrected chi connectivity index (χ1v) is 3.42. The summed E-state index contributed by atoms with van der Waals surface area (Å²) in [5.74, 6) is 0. The Morgan fingerprint density at radius 3 is 2.70 bits per heavy atom. The van der Waals surface area contributed by atoms with Crippen LogP contribution in [0.3, 0.4) is 0 Å². The Morgan fingerprint density at radius 2 is 2.30 bits per heavy atom. The van der Waals surface area contributed by atoms with Gasteiger partial charge in [-0.05, 0) is 12.1 Å². The van der Waals surface area contributed by atoms with Gasteiger partial charge in [0.05, 0.1) is 5.69 Å². The molecule has 0 amide bonds. The van der Waals surface area contributed by atoms with Gasteiger partial charge in [0.2, 0.25) is 0 Å². The molecule has 4 heteroatoms. The lowest BCUT2D eigenvalue weighted by Crippen LogP contribution is -1.97. The molecule has 1 rings (SSSR count). The van der Waals surface area contributed by atoms with Gasteiger partial charge in [-0.2, -0.15) is 0 Å². The summed E-state index contributed by atoms with van der Waals surface area (Å²) in [6.45, 7) is 0.499. The maximum absolute atomic E-state index is 5.34. The average molecular weight is 224 g/mol. The second-order valence-electron chi connectivity index (χ2n) is 1.67. The van der Waals surface area contributed by atoms with E-state index in [1.165, 1.54) is 0 Å². The number of hydrogen-bond acceptors (Lipinski definition) is 2. The molecule has 1 heterocycles. The molecule has 1 aromatic rings. The fourth-order valence-corrected chi connectivity index (χ4v) is 0.943. The summed E-state index contributed by atoms with van der Waals surface area (Å²) in [6, 6.07) is 3.78. The Kier molecular flexibility index (Phi) is 4.60. The van der Waals surface area contributed by atoms with E-state index in [1.54, 1.807) is 6.20 Å². The molecule has 0 aliphatic rings. The fourth-order valence-electron chi connectivity index (χ4n) is 0.560. The summed E-state index contributed by atoms with van der Waals surface area (Å²) >= 11 is 3.31. The molecule has 56 valence electrons. The van der Waals surface area contributed by atoms with Crippen molar-refractivity contribution < 1.29 is 0 Å². The molecule has 1 aromatic heterocycles. The summed E-state index contributed by atoms with van der Waals surface area (Å²) in [5, 5.41) is 0. The van der Waals surface area contributed by atoms with Crippen LogP contribution in [0.25, 0.3) is 0 Å². The van der Waals surface area contributed by atoms with Crippen molar-refractivity contribution in [3.8, 4) is 0 Å². The summed E-state index contributed by atoms with van der Waals surface area (Å²) in [4.78, 5) is 4.00. The summed E-state index contributed by atoms with van der Waals surface area (Å²) in [5.41, 5.74) is 6.24. The lowest BCUT2D eigenvalue weighted by molar-refractivity contribution is 0.987. The van der Waals surface area contributed by atoms with E-state index >= 15 is 0 Å². The third-order valence-corrected chi connectivity index (χ3v) is 1.48. The molecule has 0 atom stereocenters. The largest absolute Gasteiger partial charge is 0.325 e. The first-order chi connectivity index (χ1) is 4.33. The SMILES string of the molecule is Cl.NCc1cc(Br)ccn1. The fraction of sp³-hybridized carbons (Fsp3) is 0.167. The smallest absolute Gasteiger partial charge is 0.0550 e. The predicted octanol–water partition coefficient (Wildman–Crippen LogP) is 1.72. The van der Waals surface area contributed by atoms with Gasteiger partial charge in [-0.1, -0.05) is 15.9 Å². The standard InChI is InChI=1S/C6H7BrN2.ClH/c7-5-1-2-9-6(3-5)4-8;/h1-3H,4,8H2;1H. The van der Waals surface area contributed by atoms with Crippen molar-refractivity contribution in [3.63, 3.8) is 0 Å². The van der Waals surface area contributed by atoms with Gasteiger partial charge in [0, 0.05) is 17.2 Å². The van der Waals surface area contributed by atoms with E-state index in [1.807, 2.05) is 12.1 Å². The molecule has 0 saturated heterocycles. The van der Waals surface area contributed by atoms with E-state index < -0.39 is 0 Å². The molecular formula is C6H8BrClN2. The summed E-state index contributed by atoms with van der Waals surface area (Å²) in [6.07, 6.45) is 1.73. The molecule has 0 bridgehead atoms. The molecule has 0 aromatic carbocycles. The number of nitrogens with two attached hydrogens (primary N) is 1. The number of rotatable bonds is 1. The van der Waals surface area contributed by atoms with Crippen molar-refractivity contribution in [1.82, 2.24) is 4.98 Å². The molecular weight excluding hydrogens is 215 g/mol. The van der Waals surface area contributed by atoms with Crippen molar-refractivity contribution in [2.45, 2.75) is 6.54 Å². The number of aromatic nitrogens is 1. The van der Waals surface area contributed by atoms with Crippen molar-refractivity contribution in [2.75, 3.05) is 0 Å². The number of nitrogens with zero attached hydrogens (tertiary/aromatic N) is 1. The summed E-state index contributed by atoms with van der Waals surface area (Å²) < 4.78 is 1.03. The van der Waals surface area contributed by atoms with Crippen LogP contribution in [0, 0.1) is 0 Å². The molecule has 10 heavy (non-hydrogen) atoms. The first kappa shape index (κ1) is 9.88. The van der Waals surface area contributed by atoms with E-state index in [0.29, 0.717) is 6.54 Å². The van der Waals surface area contributed by atoms with Crippen LogP contribution in [-0.4, -0.2) is 4.98 Å². The minimum absolute atomic E-state index is 0. The molecule has 0 spiro atoms. The topological polar surface area (TPSA) is 38.9 Å². The van der Waals surface area contributed by atoms with Gasteiger partial charge in [-0.25, -0.2) is 0 Å². The van der Waals surface area contributed by atoms with Crippen LogP contribution in [-0.2, 0) is 6.54 Å². The van der Waals surface area contributed by atoms with E-state index in [-0.39, 0.29) is 12.4 Å². The lowest BCUT2D eigenvalue weighted by Gasteiger charge is -1.93. The first-order valence-electron chi connectivity index (χ1n) is 2.63. The number of hydrogen-bond donors (Lipinski definition) is 1. The molecule has 0 fully saturated rings. The minimum atomic E-state index is 0. The Balaban J connectivity index is 0.000000810. The Hall–Kier alpha value is -0.120. The maximum Gasteiger partial charge on any atom is 0.0550 e. The van der Waals surface area contributed by atoms with Gasteiger partial charge in [0.25, 0.3) is 0 Å². The third-order valence-electron chi connectivity index (χ3n) is 0.988. The van der Waals surface area contributed by atoms with Crippen LogP contribution < -0.4 is 5.73 Å². The Labute approximate surface area is 74.4 Å². The molecule has 0 saturated carbocycles. The number of pyridine rings is 1. The van der Waals surface area contributed by atoms with Crippen LogP contribution in [0.2, 0.25) is 0 Å². The highest BCUT2D eigenvalue weighted by Crippen LogP contribution is 2.07. The van der Waals surface area contributed by atoms with Crippen LogP contribution in [0.15, 0.2) is 22.8 Å². The highest BCUT2D eigenvalue weighted by molar-refractivity contribution is 9.10. The molecule has 0 unspecified atom stereocenters. The van der Waals surface area contributed by atoms with Gasteiger partial charge in [0.15, 0.2) is 0 Å². The monoisotopic (exact) mass is 222 g/mol. The van der Waals surface area contributed by atoms with Crippen LogP contribution >= 0.6 is 28.3 Å². The van der Waals surface area contributed by atoms with Gasteiger partial charge in [-0.3, -0.25) is 4.98 Å². The molecule has 2 N–H and O–H groups in total.